The number of rotatable bonds is 6. The number of nitrogens with zero attached hydrogens (tertiary/aromatic N) is 2. The van der Waals surface area contributed by atoms with Crippen molar-refractivity contribution in [2.45, 2.75) is 56.4 Å². The highest BCUT2D eigenvalue weighted by molar-refractivity contribution is 7.90. The van der Waals surface area contributed by atoms with E-state index in [4.69, 9.17) is 14.3 Å². The average molecular weight is 487 g/mol. The van der Waals surface area contributed by atoms with E-state index in [1.807, 2.05) is 0 Å². The van der Waals surface area contributed by atoms with Crippen LogP contribution < -0.4 is 4.74 Å². The van der Waals surface area contributed by atoms with Gasteiger partial charge < -0.3 is 14.3 Å². The molecule has 11 heteroatoms. The number of piperidine rings is 1. The number of hydrogen-bond acceptors (Lipinski definition) is 9. The molecule has 0 unspecified atom stereocenters. The molecule has 1 aliphatic heterocycles. The van der Waals surface area contributed by atoms with Crippen molar-refractivity contribution in [2.24, 2.45) is 0 Å². The van der Waals surface area contributed by atoms with Crippen LogP contribution in [0.25, 0.3) is 0 Å². The van der Waals surface area contributed by atoms with Crippen LogP contribution in [-0.2, 0) is 31.7 Å². The molecule has 2 aromatic rings. The molecule has 1 fully saturated rings. The van der Waals surface area contributed by atoms with Crippen molar-refractivity contribution in [3.63, 3.8) is 0 Å². The maximum absolute atomic E-state index is 15.5. The van der Waals surface area contributed by atoms with Gasteiger partial charge in [-0.15, -0.1) is 16.4 Å². The summed E-state index contributed by atoms with van der Waals surface area (Å²) >= 11 is 1.23. The third kappa shape index (κ3) is 6.63. The zero-order valence-corrected chi connectivity index (χ0v) is 20.1. The maximum Gasteiger partial charge on any atom is 0.528 e. The molecule has 1 aromatic carbocycles. The number of benzene rings is 1. The summed E-state index contributed by atoms with van der Waals surface area (Å²) in [6.45, 7) is 5.88. The number of sulfone groups is 1. The summed E-state index contributed by atoms with van der Waals surface area (Å²) in [5, 5.41) is 1.77. The van der Waals surface area contributed by atoms with Gasteiger partial charge in [-0.1, -0.05) is 0 Å². The minimum atomic E-state index is -3.26. The molecule has 1 aliphatic rings. The van der Waals surface area contributed by atoms with Gasteiger partial charge in [-0.3, -0.25) is 0 Å². The second-order valence-electron chi connectivity index (χ2n) is 8.61. The monoisotopic (exact) mass is 486 g/mol. The summed E-state index contributed by atoms with van der Waals surface area (Å²) in [6.07, 6.45) is 2.19. The van der Waals surface area contributed by atoms with Crippen LogP contribution in [0.3, 0.4) is 0 Å². The standard InChI is InChI=1S/C21H27FN2O6S2/c1-20(2,3)29-19(25)30-24-11-9-21(22,10-12-24)18-23-13-16(31-18)14-28-15-5-7-17(8-6-15)32(4,26)27/h5-8,13H,9-12,14H2,1-4H3. The molecule has 0 spiro atoms. The van der Waals surface area contributed by atoms with Crippen LogP contribution in [0.4, 0.5) is 9.18 Å². The van der Waals surface area contributed by atoms with Crippen molar-refractivity contribution in [1.82, 2.24) is 10.0 Å². The van der Waals surface area contributed by atoms with Crippen LogP contribution >= 0.6 is 11.3 Å². The first-order valence-electron chi connectivity index (χ1n) is 10.1. The van der Waals surface area contributed by atoms with Gasteiger partial charge in [-0.25, -0.2) is 22.6 Å². The fourth-order valence-electron chi connectivity index (χ4n) is 3.04. The molecule has 0 bridgehead atoms. The van der Waals surface area contributed by atoms with E-state index >= 15 is 4.39 Å². The number of aromatic nitrogens is 1. The molecule has 0 saturated carbocycles. The van der Waals surface area contributed by atoms with Crippen LogP contribution in [-0.4, -0.2) is 49.6 Å². The van der Waals surface area contributed by atoms with Crippen LogP contribution in [0.5, 0.6) is 5.75 Å². The number of carbonyl (C=O) groups is 1. The number of hydrogen-bond donors (Lipinski definition) is 0. The predicted molar refractivity (Wildman–Crippen MR) is 117 cm³/mol. The average Bonchev–Trinajstić information content (AvgIpc) is 3.16. The summed E-state index contributed by atoms with van der Waals surface area (Å²) in [6, 6.07) is 6.11. The Labute approximate surface area is 191 Å². The molecule has 0 aliphatic carbocycles. The first kappa shape index (κ1) is 24.4. The second-order valence-corrected chi connectivity index (χ2v) is 11.7. The van der Waals surface area contributed by atoms with Crippen molar-refractivity contribution in [2.75, 3.05) is 19.3 Å². The van der Waals surface area contributed by atoms with Crippen LogP contribution in [0, 0.1) is 0 Å². The highest BCUT2D eigenvalue weighted by Crippen LogP contribution is 2.39. The van der Waals surface area contributed by atoms with Crippen LogP contribution in [0.2, 0.25) is 0 Å². The van der Waals surface area contributed by atoms with Gasteiger partial charge in [0, 0.05) is 38.4 Å². The lowest BCUT2D eigenvalue weighted by molar-refractivity contribution is -0.166. The smallest absolute Gasteiger partial charge is 0.488 e. The van der Waals surface area contributed by atoms with E-state index in [9.17, 15) is 13.2 Å². The number of alkyl halides is 1. The van der Waals surface area contributed by atoms with E-state index in [1.165, 1.54) is 28.5 Å². The van der Waals surface area contributed by atoms with Gasteiger partial charge in [0.2, 0.25) is 0 Å². The van der Waals surface area contributed by atoms with Crippen molar-refractivity contribution in [3.05, 3.63) is 40.3 Å². The Morgan fingerprint density at radius 2 is 1.84 bits per heavy atom. The van der Waals surface area contributed by atoms with Crippen molar-refractivity contribution < 1.29 is 31.9 Å². The minimum Gasteiger partial charge on any atom is -0.488 e. The van der Waals surface area contributed by atoms with Gasteiger partial charge in [-0.2, -0.15) is 0 Å². The molecule has 2 heterocycles. The topological polar surface area (TPSA) is 95.0 Å². The van der Waals surface area contributed by atoms with E-state index in [0.717, 1.165) is 11.1 Å². The molecule has 1 saturated heterocycles. The Morgan fingerprint density at radius 3 is 2.41 bits per heavy atom. The van der Waals surface area contributed by atoms with Crippen molar-refractivity contribution >= 4 is 27.3 Å². The SMILES string of the molecule is CC(C)(C)OC(=O)ON1CCC(F)(c2ncc(COc3ccc(S(C)(=O)=O)cc3)s2)CC1. The molecule has 8 nitrogen and oxygen atoms in total. The number of carbonyl (C=O) groups excluding carboxylic acids is 1. The van der Waals surface area contributed by atoms with Gasteiger partial charge in [0.1, 0.15) is 23.0 Å². The molecule has 0 N–H and O–H groups in total. The summed E-state index contributed by atoms with van der Waals surface area (Å²) in [4.78, 5) is 22.1. The zero-order valence-electron chi connectivity index (χ0n) is 18.5. The Morgan fingerprint density at radius 1 is 1.22 bits per heavy atom. The molecule has 0 radical (unpaired) electrons. The van der Waals surface area contributed by atoms with Gasteiger partial charge in [0.25, 0.3) is 0 Å². The Kier molecular flexibility index (Phi) is 7.11. The molecule has 176 valence electrons. The molecular weight excluding hydrogens is 459 g/mol. The summed E-state index contributed by atoms with van der Waals surface area (Å²) in [5.41, 5.74) is -2.26. The molecule has 0 amide bonds. The lowest BCUT2D eigenvalue weighted by atomic mass is 9.95. The van der Waals surface area contributed by atoms with Crippen LogP contribution in [0.1, 0.15) is 43.5 Å². The highest BCUT2D eigenvalue weighted by atomic mass is 32.2. The highest BCUT2D eigenvalue weighted by Gasteiger charge is 2.40. The van der Waals surface area contributed by atoms with E-state index in [2.05, 4.69) is 4.98 Å². The summed E-state index contributed by atoms with van der Waals surface area (Å²) in [5.74, 6) is 0.509. The van der Waals surface area contributed by atoms with Gasteiger partial charge in [0.05, 0.1) is 9.77 Å². The third-order valence-corrected chi connectivity index (χ3v) is 6.96. The molecule has 1 aromatic heterocycles. The zero-order chi connectivity index (χ0) is 23.6. The van der Waals surface area contributed by atoms with Crippen LogP contribution in [0.15, 0.2) is 35.4 Å². The predicted octanol–water partition coefficient (Wildman–Crippen LogP) is 4.25. The number of halogens is 1. The first-order chi connectivity index (χ1) is 14.8. The van der Waals surface area contributed by atoms with E-state index < -0.39 is 27.3 Å². The van der Waals surface area contributed by atoms with Gasteiger partial charge in [-0.05, 0) is 45.0 Å². The van der Waals surface area contributed by atoms with Gasteiger partial charge >= 0.3 is 6.16 Å². The summed E-state index contributed by atoms with van der Waals surface area (Å²) in [7, 11) is -3.26. The normalized spacial score (nSPS) is 17.0. The molecular formula is C21H27FN2O6S2. The Hall–Kier alpha value is -2.24. The quantitative estimate of drug-likeness (QED) is 0.559. The lowest BCUT2D eigenvalue weighted by Gasteiger charge is -2.34. The summed E-state index contributed by atoms with van der Waals surface area (Å²) < 4.78 is 49.3. The van der Waals surface area contributed by atoms with E-state index in [1.54, 1.807) is 39.1 Å². The lowest BCUT2D eigenvalue weighted by Crippen LogP contribution is -2.42. The number of thiazole rings is 1. The molecule has 0 atom stereocenters. The van der Waals surface area contributed by atoms with Gasteiger partial charge in [0.15, 0.2) is 15.5 Å². The number of hydroxylamine groups is 2. The molecule has 32 heavy (non-hydrogen) atoms. The molecule has 3 rings (SSSR count). The fraction of sp³-hybridized carbons (Fsp3) is 0.524. The van der Waals surface area contributed by atoms with E-state index in [-0.39, 0.29) is 37.4 Å². The van der Waals surface area contributed by atoms with Crippen molar-refractivity contribution in [1.29, 1.82) is 0 Å². The second kappa shape index (κ2) is 9.32. The maximum atomic E-state index is 15.5. The largest absolute Gasteiger partial charge is 0.528 e. The minimum absolute atomic E-state index is 0.135. The van der Waals surface area contributed by atoms with E-state index in [0.29, 0.717) is 10.8 Å². The Balaban J connectivity index is 1.52. The van der Waals surface area contributed by atoms with Crippen molar-refractivity contribution in [3.8, 4) is 5.75 Å². The fourth-order valence-corrected chi connectivity index (χ4v) is 4.63. The Bertz CT molecular complexity index is 1040. The number of ether oxygens (including phenoxy) is 2. The third-order valence-electron chi connectivity index (χ3n) is 4.68. The first-order valence-corrected chi connectivity index (χ1v) is 12.8.